The topological polar surface area (TPSA) is 58.6 Å². The molecule has 1 atom stereocenters. The minimum absolute atomic E-state index is 0.00990. The molecule has 1 aliphatic heterocycles. The first-order valence-electron chi connectivity index (χ1n) is 8.98. The van der Waals surface area contributed by atoms with Crippen LogP contribution in [0.25, 0.3) is 0 Å². The number of hydrogen-bond donors (Lipinski definition) is 1. The van der Waals surface area contributed by atoms with Crippen molar-refractivity contribution in [3.63, 3.8) is 0 Å². The molecule has 0 bridgehead atoms. The molecular weight excluding hydrogens is 360 g/mol. The van der Waals surface area contributed by atoms with E-state index in [0.29, 0.717) is 19.7 Å². The molecule has 1 N–H and O–H groups in total. The zero-order valence-electron chi connectivity index (χ0n) is 15.6. The third-order valence-corrected chi connectivity index (χ3v) is 5.28. The summed E-state index contributed by atoms with van der Waals surface area (Å²) in [5.74, 6) is 0.351. The minimum atomic E-state index is -0.324. The van der Waals surface area contributed by atoms with Gasteiger partial charge >= 0.3 is 0 Å². The van der Waals surface area contributed by atoms with Gasteiger partial charge in [-0.25, -0.2) is 0 Å². The zero-order valence-corrected chi connectivity index (χ0v) is 16.4. The van der Waals surface area contributed by atoms with Gasteiger partial charge in [-0.2, -0.15) is 0 Å². The summed E-state index contributed by atoms with van der Waals surface area (Å²) in [5, 5.41) is 2.87. The SMILES string of the molecule is CSc1cccc(N2CC(C(=O)NCCOc3ccc(C)cc3)CC2=O)c1. The van der Waals surface area contributed by atoms with Crippen LogP contribution < -0.4 is 15.0 Å². The number of aryl methyl sites for hydroxylation is 1. The highest BCUT2D eigenvalue weighted by Crippen LogP contribution is 2.28. The van der Waals surface area contributed by atoms with E-state index in [-0.39, 0.29) is 24.2 Å². The average molecular weight is 385 g/mol. The van der Waals surface area contributed by atoms with Crippen LogP contribution in [0.5, 0.6) is 5.75 Å². The number of anilines is 1. The highest BCUT2D eigenvalue weighted by Gasteiger charge is 2.35. The second kappa shape index (κ2) is 8.95. The lowest BCUT2D eigenvalue weighted by Gasteiger charge is -2.17. The van der Waals surface area contributed by atoms with Gasteiger partial charge in [0, 0.05) is 23.5 Å². The van der Waals surface area contributed by atoms with Gasteiger partial charge in [0.15, 0.2) is 0 Å². The molecule has 142 valence electrons. The molecule has 0 aliphatic carbocycles. The van der Waals surface area contributed by atoms with Gasteiger partial charge in [-0.15, -0.1) is 11.8 Å². The number of ether oxygens (including phenoxy) is 1. The number of carbonyl (C=O) groups excluding carboxylic acids is 2. The quantitative estimate of drug-likeness (QED) is 0.588. The fourth-order valence-electron chi connectivity index (χ4n) is 3.03. The monoisotopic (exact) mass is 384 g/mol. The lowest BCUT2D eigenvalue weighted by molar-refractivity contribution is -0.126. The smallest absolute Gasteiger partial charge is 0.227 e. The summed E-state index contributed by atoms with van der Waals surface area (Å²) in [4.78, 5) is 27.5. The molecule has 2 amide bonds. The van der Waals surface area contributed by atoms with Gasteiger partial charge in [0.25, 0.3) is 0 Å². The van der Waals surface area contributed by atoms with Crippen LogP contribution in [0.3, 0.4) is 0 Å². The van der Waals surface area contributed by atoms with E-state index in [1.54, 1.807) is 16.7 Å². The van der Waals surface area contributed by atoms with E-state index >= 15 is 0 Å². The Bertz CT molecular complexity index is 807. The molecule has 6 heteroatoms. The Balaban J connectivity index is 1.47. The van der Waals surface area contributed by atoms with Gasteiger partial charge in [-0.05, 0) is 43.5 Å². The molecule has 2 aromatic rings. The Morgan fingerprint density at radius 2 is 2.04 bits per heavy atom. The zero-order chi connectivity index (χ0) is 19.2. The highest BCUT2D eigenvalue weighted by molar-refractivity contribution is 7.98. The van der Waals surface area contributed by atoms with Crippen molar-refractivity contribution in [2.24, 2.45) is 5.92 Å². The van der Waals surface area contributed by atoms with E-state index in [4.69, 9.17) is 4.74 Å². The van der Waals surface area contributed by atoms with Crippen molar-refractivity contribution >= 4 is 29.3 Å². The van der Waals surface area contributed by atoms with Crippen LogP contribution in [-0.2, 0) is 9.59 Å². The molecule has 2 aromatic carbocycles. The standard InChI is InChI=1S/C21H24N2O3S/c1-15-6-8-18(9-7-15)26-11-10-22-21(25)16-12-20(24)23(14-16)17-4-3-5-19(13-17)27-2/h3-9,13,16H,10-12,14H2,1-2H3,(H,22,25). The lowest BCUT2D eigenvalue weighted by Crippen LogP contribution is -2.35. The number of nitrogens with one attached hydrogen (secondary N) is 1. The molecule has 0 spiro atoms. The Morgan fingerprint density at radius 1 is 1.26 bits per heavy atom. The highest BCUT2D eigenvalue weighted by atomic mass is 32.2. The summed E-state index contributed by atoms with van der Waals surface area (Å²) in [6, 6.07) is 15.6. The van der Waals surface area contributed by atoms with Gasteiger partial charge in [0.2, 0.25) is 11.8 Å². The van der Waals surface area contributed by atoms with E-state index in [1.165, 1.54) is 5.56 Å². The van der Waals surface area contributed by atoms with Crippen LogP contribution in [-0.4, -0.2) is 37.8 Å². The van der Waals surface area contributed by atoms with Gasteiger partial charge in [-0.3, -0.25) is 9.59 Å². The van der Waals surface area contributed by atoms with Crippen molar-refractivity contribution in [3.05, 3.63) is 54.1 Å². The predicted octanol–water partition coefficient (Wildman–Crippen LogP) is 3.27. The summed E-state index contributed by atoms with van der Waals surface area (Å²) >= 11 is 1.63. The third kappa shape index (κ3) is 5.04. The summed E-state index contributed by atoms with van der Waals surface area (Å²) < 4.78 is 5.62. The van der Waals surface area contributed by atoms with Gasteiger partial charge in [0.1, 0.15) is 12.4 Å². The fourth-order valence-corrected chi connectivity index (χ4v) is 3.49. The first kappa shape index (κ1) is 19.3. The van der Waals surface area contributed by atoms with Crippen LogP contribution in [0.15, 0.2) is 53.4 Å². The van der Waals surface area contributed by atoms with E-state index < -0.39 is 0 Å². The Morgan fingerprint density at radius 3 is 2.78 bits per heavy atom. The van der Waals surface area contributed by atoms with Crippen molar-refractivity contribution < 1.29 is 14.3 Å². The molecule has 27 heavy (non-hydrogen) atoms. The van der Waals surface area contributed by atoms with E-state index in [2.05, 4.69) is 5.32 Å². The number of hydrogen-bond acceptors (Lipinski definition) is 4. The maximum absolute atomic E-state index is 12.4. The van der Waals surface area contributed by atoms with E-state index in [0.717, 1.165) is 16.3 Å². The third-order valence-electron chi connectivity index (χ3n) is 4.55. The van der Waals surface area contributed by atoms with Crippen LogP contribution in [0.2, 0.25) is 0 Å². The largest absolute Gasteiger partial charge is 0.492 e. The molecule has 0 radical (unpaired) electrons. The number of amides is 2. The molecule has 1 unspecified atom stereocenters. The van der Waals surface area contributed by atoms with Crippen molar-refractivity contribution in [1.29, 1.82) is 0 Å². The molecule has 1 aliphatic rings. The molecule has 1 fully saturated rings. The molecule has 5 nitrogen and oxygen atoms in total. The molecule has 1 heterocycles. The number of benzene rings is 2. The van der Waals surface area contributed by atoms with Crippen LogP contribution in [0.4, 0.5) is 5.69 Å². The minimum Gasteiger partial charge on any atom is -0.492 e. The Labute approximate surface area is 164 Å². The summed E-state index contributed by atoms with van der Waals surface area (Å²) in [5.41, 5.74) is 2.03. The number of thioether (sulfide) groups is 1. The number of nitrogens with zero attached hydrogens (tertiary/aromatic N) is 1. The van der Waals surface area contributed by atoms with Crippen molar-refractivity contribution in [2.75, 3.05) is 30.9 Å². The van der Waals surface area contributed by atoms with Crippen LogP contribution in [0.1, 0.15) is 12.0 Å². The Hall–Kier alpha value is -2.47. The first-order valence-corrected chi connectivity index (χ1v) is 10.2. The maximum atomic E-state index is 12.4. The molecule has 1 saturated heterocycles. The van der Waals surface area contributed by atoms with E-state index in [9.17, 15) is 9.59 Å². The first-order chi connectivity index (χ1) is 13.1. The van der Waals surface area contributed by atoms with Crippen molar-refractivity contribution in [3.8, 4) is 5.75 Å². The average Bonchev–Trinajstić information content (AvgIpc) is 3.08. The number of rotatable bonds is 7. The summed E-state index contributed by atoms with van der Waals surface area (Å²) in [6.07, 6.45) is 2.24. The summed E-state index contributed by atoms with van der Waals surface area (Å²) in [6.45, 7) is 3.25. The molecule has 0 saturated carbocycles. The maximum Gasteiger partial charge on any atom is 0.227 e. The van der Waals surface area contributed by atoms with Crippen molar-refractivity contribution in [1.82, 2.24) is 5.32 Å². The molecular formula is C21H24N2O3S. The van der Waals surface area contributed by atoms with E-state index in [1.807, 2.05) is 61.7 Å². The fraction of sp³-hybridized carbons (Fsp3) is 0.333. The lowest BCUT2D eigenvalue weighted by atomic mass is 10.1. The second-order valence-electron chi connectivity index (χ2n) is 6.56. The summed E-state index contributed by atoms with van der Waals surface area (Å²) in [7, 11) is 0. The predicted molar refractivity (Wildman–Crippen MR) is 108 cm³/mol. The normalized spacial score (nSPS) is 16.4. The number of carbonyl (C=O) groups is 2. The van der Waals surface area contributed by atoms with Crippen LogP contribution in [0, 0.1) is 12.8 Å². The second-order valence-corrected chi connectivity index (χ2v) is 7.44. The van der Waals surface area contributed by atoms with Crippen molar-refractivity contribution in [2.45, 2.75) is 18.2 Å². The molecule has 3 rings (SSSR count). The van der Waals surface area contributed by atoms with Crippen LogP contribution >= 0.6 is 11.8 Å². The van der Waals surface area contributed by atoms with Gasteiger partial charge in [0.05, 0.1) is 12.5 Å². The van der Waals surface area contributed by atoms with Gasteiger partial charge in [-0.1, -0.05) is 23.8 Å². The van der Waals surface area contributed by atoms with Gasteiger partial charge < -0.3 is 15.0 Å². The molecule has 0 aromatic heterocycles. The Kier molecular flexibility index (Phi) is 6.40.